The van der Waals surface area contributed by atoms with Crippen LogP contribution in [0.2, 0.25) is 0 Å². The molecule has 2 aromatic rings. The zero-order valence-electron chi connectivity index (χ0n) is 10.9. The van der Waals surface area contributed by atoms with Gasteiger partial charge in [0.05, 0.1) is 5.56 Å². The second kappa shape index (κ2) is 5.87. The third kappa shape index (κ3) is 3.53. The largest absolute Gasteiger partial charge is 0.455 e. The van der Waals surface area contributed by atoms with E-state index in [4.69, 9.17) is 5.73 Å². The van der Waals surface area contributed by atoms with Crippen molar-refractivity contribution in [1.29, 1.82) is 0 Å². The highest BCUT2D eigenvalue weighted by atomic mass is 19.3. The monoisotopic (exact) mass is 295 g/mol. The molecule has 0 saturated carbocycles. The van der Waals surface area contributed by atoms with Crippen LogP contribution in [0, 0.1) is 5.82 Å². The minimum atomic E-state index is -3.35. The molecule has 0 aliphatic carbocycles. The van der Waals surface area contributed by atoms with Gasteiger partial charge in [-0.3, -0.25) is 0 Å². The van der Waals surface area contributed by atoms with Crippen molar-refractivity contribution in [2.45, 2.75) is 5.92 Å². The number of rotatable bonds is 4. The van der Waals surface area contributed by atoms with Gasteiger partial charge in [0.15, 0.2) is 6.61 Å². The third-order valence-electron chi connectivity index (χ3n) is 2.79. The summed E-state index contributed by atoms with van der Waals surface area (Å²) >= 11 is 0. The topological polar surface area (TPSA) is 52.3 Å². The van der Waals surface area contributed by atoms with Crippen LogP contribution in [-0.2, 0) is 10.7 Å². The van der Waals surface area contributed by atoms with Crippen molar-refractivity contribution in [3.05, 3.63) is 65.5 Å². The summed E-state index contributed by atoms with van der Waals surface area (Å²) in [6.07, 6.45) is 0. The minimum absolute atomic E-state index is 0.124. The summed E-state index contributed by atoms with van der Waals surface area (Å²) in [6, 6.07) is 10.2. The number of hydrogen-bond donors (Lipinski definition) is 1. The van der Waals surface area contributed by atoms with Crippen molar-refractivity contribution < 1.29 is 22.7 Å². The molecule has 0 radical (unpaired) electrons. The number of nitrogen functional groups attached to an aromatic ring is 1. The molecule has 0 bridgehead atoms. The summed E-state index contributed by atoms with van der Waals surface area (Å²) < 4.78 is 45.6. The van der Waals surface area contributed by atoms with Crippen LogP contribution in [0.1, 0.15) is 15.9 Å². The van der Waals surface area contributed by atoms with Crippen molar-refractivity contribution in [3.8, 4) is 0 Å². The van der Waals surface area contributed by atoms with Gasteiger partial charge < -0.3 is 10.5 Å². The Balaban J connectivity index is 2.07. The Kier molecular flexibility index (Phi) is 4.16. The molecular formula is C15H12F3NO2. The molecule has 0 fully saturated rings. The number of alkyl halides is 2. The van der Waals surface area contributed by atoms with Gasteiger partial charge in [-0.05, 0) is 18.2 Å². The maximum Gasteiger partial charge on any atom is 0.341 e. The van der Waals surface area contributed by atoms with Crippen LogP contribution in [-0.4, -0.2) is 12.6 Å². The van der Waals surface area contributed by atoms with Crippen LogP contribution in [0.5, 0.6) is 0 Å². The zero-order valence-corrected chi connectivity index (χ0v) is 10.9. The molecule has 0 saturated heterocycles. The van der Waals surface area contributed by atoms with Crippen molar-refractivity contribution >= 4 is 11.7 Å². The van der Waals surface area contributed by atoms with Gasteiger partial charge in [0.1, 0.15) is 5.82 Å². The van der Waals surface area contributed by atoms with Crippen molar-refractivity contribution in [3.63, 3.8) is 0 Å². The highest BCUT2D eigenvalue weighted by molar-refractivity contribution is 5.90. The van der Waals surface area contributed by atoms with Crippen LogP contribution in [0.25, 0.3) is 0 Å². The lowest BCUT2D eigenvalue weighted by Crippen LogP contribution is -2.23. The fourth-order valence-corrected chi connectivity index (χ4v) is 1.70. The van der Waals surface area contributed by atoms with E-state index in [2.05, 4.69) is 4.74 Å². The van der Waals surface area contributed by atoms with Gasteiger partial charge in [-0.25, -0.2) is 9.18 Å². The molecule has 110 valence electrons. The van der Waals surface area contributed by atoms with E-state index in [0.717, 1.165) is 12.1 Å². The fraction of sp³-hybridized carbons (Fsp3) is 0.133. The van der Waals surface area contributed by atoms with Gasteiger partial charge in [-0.1, -0.05) is 30.3 Å². The molecule has 0 unspecified atom stereocenters. The first kappa shape index (κ1) is 14.9. The van der Waals surface area contributed by atoms with Crippen molar-refractivity contribution in [2.75, 3.05) is 12.3 Å². The third-order valence-corrected chi connectivity index (χ3v) is 2.79. The summed E-state index contributed by atoms with van der Waals surface area (Å²) in [5.41, 5.74) is 4.74. The summed E-state index contributed by atoms with van der Waals surface area (Å²) in [5, 5.41) is 0. The number of esters is 1. The molecule has 0 aromatic heterocycles. The first-order valence-corrected chi connectivity index (χ1v) is 6.05. The second-order valence-corrected chi connectivity index (χ2v) is 4.39. The Morgan fingerprint density at radius 1 is 1.14 bits per heavy atom. The average Bonchev–Trinajstić information content (AvgIpc) is 2.46. The summed E-state index contributed by atoms with van der Waals surface area (Å²) in [5.74, 6) is -5.42. The number of halogens is 3. The first-order chi connectivity index (χ1) is 9.90. The van der Waals surface area contributed by atoms with Crippen LogP contribution in [0.3, 0.4) is 0 Å². The van der Waals surface area contributed by atoms with Crippen LogP contribution >= 0.6 is 0 Å². The van der Waals surface area contributed by atoms with E-state index >= 15 is 0 Å². The second-order valence-electron chi connectivity index (χ2n) is 4.39. The van der Waals surface area contributed by atoms with E-state index in [9.17, 15) is 18.0 Å². The van der Waals surface area contributed by atoms with Crippen LogP contribution in [0.15, 0.2) is 48.5 Å². The molecule has 0 aliphatic rings. The number of anilines is 1. The minimum Gasteiger partial charge on any atom is -0.455 e. The summed E-state index contributed by atoms with van der Waals surface area (Å²) in [6.45, 7) is -1.17. The number of ether oxygens (including phenoxy) is 1. The maximum absolute atomic E-state index is 13.8. The molecule has 0 amide bonds. The normalized spacial score (nSPS) is 11.2. The van der Waals surface area contributed by atoms with Gasteiger partial charge in [0.25, 0.3) is 0 Å². The van der Waals surface area contributed by atoms with Gasteiger partial charge in [-0.2, -0.15) is 8.78 Å². The highest BCUT2D eigenvalue weighted by Crippen LogP contribution is 2.28. The standard InChI is InChI=1S/C15H12F3NO2/c16-13-8-11(19)6-7-12(13)14(20)21-9-15(17,18)10-4-2-1-3-5-10/h1-8H,9,19H2. The molecule has 0 aliphatic heterocycles. The number of carbonyl (C=O) groups is 1. The molecular weight excluding hydrogens is 283 g/mol. The van der Waals surface area contributed by atoms with E-state index in [1.807, 2.05) is 0 Å². The van der Waals surface area contributed by atoms with E-state index in [-0.39, 0.29) is 11.3 Å². The lowest BCUT2D eigenvalue weighted by Gasteiger charge is -2.16. The molecule has 2 aromatic carbocycles. The molecule has 0 atom stereocenters. The number of hydrogen-bond acceptors (Lipinski definition) is 3. The van der Waals surface area contributed by atoms with E-state index in [0.29, 0.717) is 0 Å². The Labute approximate surface area is 119 Å². The fourth-order valence-electron chi connectivity index (χ4n) is 1.70. The Hall–Kier alpha value is -2.50. The number of benzene rings is 2. The maximum atomic E-state index is 13.8. The predicted molar refractivity (Wildman–Crippen MR) is 71.4 cm³/mol. The molecule has 2 N–H and O–H groups in total. The van der Waals surface area contributed by atoms with Crippen molar-refractivity contribution in [1.82, 2.24) is 0 Å². The Bertz CT molecular complexity index is 645. The summed E-state index contributed by atoms with van der Waals surface area (Å²) in [4.78, 5) is 11.6. The van der Waals surface area contributed by atoms with E-state index in [1.54, 1.807) is 6.07 Å². The quantitative estimate of drug-likeness (QED) is 0.695. The van der Waals surface area contributed by atoms with Gasteiger partial charge in [-0.15, -0.1) is 0 Å². The predicted octanol–water partition coefficient (Wildman–Crippen LogP) is 3.36. The Morgan fingerprint density at radius 2 is 1.81 bits per heavy atom. The first-order valence-electron chi connectivity index (χ1n) is 6.05. The summed E-state index contributed by atoms with van der Waals surface area (Å²) in [7, 11) is 0. The SMILES string of the molecule is Nc1ccc(C(=O)OCC(F)(F)c2ccccc2)c(F)c1. The van der Waals surface area contributed by atoms with Crippen molar-refractivity contribution in [2.24, 2.45) is 0 Å². The lowest BCUT2D eigenvalue weighted by molar-refractivity contribution is -0.0663. The van der Waals surface area contributed by atoms with E-state index in [1.165, 1.54) is 30.3 Å². The molecule has 6 heteroatoms. The molecule has 0 spiro atoms. The smallest absolute Gasteiger partial charge is 0.341 e. The molecule has 2 rings (SSSR count). The van der Waals surface area contributed by atoms with Gasteiger partial charge in [0, 0.05) is 11.3 Å². The van der Waals surface area contributed by atoms with Crippen LogP contribution < -0.4 is 5.73 Å². The van der Waals surface area contributed by atoms with Gasteiger partial charge in [0.2, 0.25) is 0 Å². The molecule has 21 heavy (non-hydrogen) atoms. The van der Waals surface area contributed by atoms with Gasteiger partial charge >= 0.3 is 11.9 Å². The number of nitrogens with two attached hydrogens (primary N) is 1. The molecule has 3 nitrogen and oxygen atoms in total. The average molecular weight is 295 g/mol. The molecule has 0 heterocycles. The highest BCUT2D eigenvalue weighted by Gasteiger charge is 2.33. The zero-order chi connectivity index (χ0) is 15.5. The Morgan fingerprint density at radius 3 is 2.43 bits per heavy atom. The number of carbonyl (C=O) groups excluding carboxylic acids is 1. The lowest BCUT2D eigenvalue weighted by atomic mass is 10.1. The van der Waals surface area contributed by atoms with E-state index < -0.39 is 29.9 Å². The van der Waals surface area contributed by atoms with Crippen LogP contribution in [0.4, 0.5) is 18.9 Å².